The van der Waals surface area contributed by atoms with Gasteiger partial charge in [0.15, 0.2) is 0 Å². The molecule has 0 saturated heterocycles. The zero-order valence-electron chi connectivity index (χ0n) is 13.8. The summed E-state index contributed by atoms with van der Waals surface area (Å²) in [6, 6.07) is 13.9. The molecule has 1 amide bonds. The minimum Gasteiger partial charge on any atom is -0.457 e. The molecule has 3 rings (SSSR count). The van der Waals surface area contributed by atoms with Gasteiger partial charge in [-0.25, -0.2) is 13.5 Å². The van der Waals surface area contributed by atoms with Crippen molar-refractivity contribution in [2.75, 3.05) is 6.54 Å². The molecule has 2 N–H and O–H groups in total. The summed E-state index contributed by atoms with van der Waals surface area (Å²) >= 11 is 0. The number of carbonyl (C=O) groups is 1. The summed E-state index contributed by atoms with van der Waals surface area (Å²) in [6.45, 7) is 0.0303. The highest BCUT2D eigenvalue weighted by Crippen LogP contribution is 2.23. The van der Waals surface area contributed by atoms with Crippen molar-refractivity contribution in [3.05, 3.63) is 66.7 Å². The van der Waals surface area contributed by atoms with Gasteiger partial charge in [0.1, 0.15) is 17.5 Å². The van der Waals surface area contributed by atoms with Crippen LogP contribution in [0.4, 0.5) is 0 Å². The lowest BCUT2D eigenvalue weighted by Gasteiger charge is -2.19. The van der Waals surface area contributed by atoms with Gasteiger partial charge in [-0.05, 0) is 42.8 Å². The highest BCUT2D eigenvalue weighted by Gasteiger charge is 2.29. The summed E-state index contributed by atoms with van der Waals surface area (Å²) in [4.78, 5) is 12.0. The molecule has 1 heterocycles. The maximum absolute atomic E-state index is 12.5. The van der Waals surface area contributed by atoms with Gasteiger partial charge < -0.3 is 4.74 Å². The molecule has 1 atom stereocenters. The average Bonchev–Trinajstić information content (AvgIpc) is 2.78. The Kier molecular flexibility index (Phi) is 5.36. The van der Waals surface area contributed by atoms with E-state index in [-0.39, 0.29) is 17.9 Å². The van der Waals surface area contributed by atoms with Crippen LogP contribution in [-0.4, -0.2) is 37.2 Å². The highest BCUT2D eigenvalue weighted by atomic mass is 32.2. The third kappa shape index (κ3) is 4.29. The van der Waals surface area contributed by atoms with Crippen LogP contribution < -0.4 is 9.46 Å². The summed E-state index contributed by atoms with van der Waals surface area (Å²) in [5.74, 6) is 0.438. The number of benzene rings is 2. The first-order valence-corrected chi connectivity index (χ1v) is 9.44. The fourth-order valence-electron chi connectivity index (χ4n) is 2.44. The van der Waals surface area contributed by atoms with E-state index in [0.29, 0.717) is 16.6 Å². The summed E-state index contributed by atoms with van der Waals surface area (Å²) in [5, 5.41) is 10.0. The van der Waals surface area contributed by atoms with Gasteiger partial charge in [-0.3, -0.25) is 10.0 Å². The molecule has 8 heteroatoms. The fourth-order valence-corrected chi connectivity index (χ4v) is 3.64. The van der Waals surface area contributed by atoms with E-state index in [2.05, 4.69) is 4.72 Å². The molecule has 0 radical (unpaired) electrons. The Morgan fingerprint density at radius 2 is 1.65 bits per heavy atom. The largest absolute Gasteiger partial charge is 0.457 e. The van der Waals surface area contributed by atoms with Crippen molar-refractivity contribution in [1.82, 2.24) is 9.79 Å². The molecule has 0 aliphatic carbocycles. The van der Waals surface area contributed by atoms with Gasteiger partial charge in [-0.2, -0.15) is 4.72 Å². The van der Waals surface area contributed by atoms with Crippen LogP contribution in [0.3, 0.4) is 0 Å². The normalized spacial score (nSPS) is 17.8. The van der Waals surface area contributed by atoms with E-state index in [9.17, 15) is 18.4 Å². The monoisotopic (exact) mass is 374 g/mol. The van der Waals surface area contributed by atoms with Crippen LogP contribution in [0.2, 0.25) is 0 Å². The van der Waals surface area contributed by atoms with Crippen molar-refractivity contribution in [2.45, 2.75) is 17.4 Å². The number of carbonyl (C=O) groups excluding carboxylic acids is 1. The Morgan fingerprint density at radius 3 is 2.35 bits per heavy atom. The van der Waals surface area contributed by atoms with Crippen molar-refractivity contribution < 1.29 is 23.2 Å². The van der Waals surface area contributed by atoms with Crippen LogP contribution in [0.5, 0.6) is 11.5 Å². The van der Waals surface area contributed by atoms with Gasteiger partial charge in [0, 0.05) is 0 Å². The third-order valence-electron chi connectivity index (χ3n) is 3.78. The van der Waals surface area contributed by atoms with Crippen LogP contribution in [0.1, 0.15) is 6.42 Å². The summed E-state index contributed by atoms with van der Waals surface area (Å²) in [6.07, 6.45) is 3.42. The SMILES string of the molecule is O=C1C(NS(=O)(=O)c2ccc(Oc3ccccc3)cc2)CC=CCN1O. The molecule has 136 valence electrons. The van der Waals surface area contributed by atoms with Crippen LogP contribution in [0, 0.1) is 0 Å². The number of amides is 1. The van der Waals surface area contributed by atoms with Crippen LogP contribution in [0.15, 0.2) is 71.6 Å². The Labute approximate surface area is 151 Å². The van der Waals surface area contributed by atoms with E-state index < -0.39 is 22.0 Å². The van der Waals surface area contributed by atoms with Crippen LogP contribution >= 0.6 is 0 Å². The number of para-hydroxylation sites is 1. The number of hydrogen-bond donors (Lipinski definition) is 2. The van der Waals surface area contributed by atoms with Gasteiger partial charge in [-0.15, -0.1) is 0 Å². The number of sulfonamides is 1. The van der Waals surface area contributed by atoms with E-state index in [0.717, 1.165) is 0 Å². The molecule has 2 aromatic rings. The van der Waals surface area contributed by atoms with Gasteiger partial charge in [-0.1, -0.05) is 30.4 Å². The second-order valence-corrected chi connectivity index (χ2v) is 7.40. The minimum absolute atomic E-state index is 0.00317. The molecule has 1 aliphatic heterocycles. The van der Waals surface area contributed by atoms with Crippen LogP contribution in [-0.2, 0) is 14.8 Å². The second kappa shape index (κ2) is 7.69. The lowest BCUT2D eigenvalue weighted by Crippen LogP contribution is -2.46. The van der Waals surface area contributed by atoms with Gasteiger partial charge in [0.2, 0.25) is 10.0 Å². The number of nitrogens with zero attached hydrogens (tertiary/aromatic N) is 1. The molecule has 0 spiro atoms. The quantitative estimate of drug-likeness (QED) is 0.618. The summed E-state index contributed by atoms with van der Waals surface area (Å²) in [7, 11) is -3.92. The average molecular weight is 374 g/mol. The van der Waals surface area contributed by atoms with Crippen LogP contribution in [0.25, 0.3) is 0 Å². The number of hydrogen-bond acceptors (Lipinski definition) is 5. The molecule has 7 nitrogen and oxygen atoms in total. The molecular formula is C18H18N2O5S. The van der Waals surface area contributed by atoms with Crippen molar-refractivity contribution >= 4 is 15.9 Å². The third-order valence-corrected chi connectivity index (χ3v) is 5.27. The lowest BCUT2D eigenvalue weighted by atomic mass is 10.2. The highest BCUT2D eigenvalue weighted by molar-refractivity contribution is 7.89. The molecule has 1 unspecified atom stereocenters. The first-order chi connectivity index (χ1) is 12.5. The summed E-state index contributed by atoms with van der Waals surface area (Å²) in [5.41, 5.74) is 0. The van der Waals surface area contributed by atoms with E-state index in [1.807, 2.05) is 18.2 Å². The number of ether oxygens (including phenoxy) is 1. The molecule has 2 aromatic carbocycles. The van der Waals surface area contributed by atoms with E-state index in [1.54, 1.807) is 24.3 Å². The molecule has 0 bridgehead atoms. The molecule has 0 saturated carbocycles. The standard InChI is InChI=1S/C18H18N2O5S/c21-18-17(8-4-5-13-20(18)22)19-26(23,24)16-11-9-15(10-12-16)25-14-6-2-1-3-7-14/h1-7,9-12,17,19,22H,8,13H2. The fraction of sp³-hybridized carbons (Fsp3) is 0.167. The predicted molar refractivity (Wildman–Crippen MR) is 94.3 cm³/mol. The molecule has 26 heavy (non-hydrogen) atoms. The minimum atomic E-state index is -3.92. The molecular weight excluding hydrogens is 356 g/mol. The number of hydroxylamine groups is 2. The molecule has 1 aliphatic rings. The van der Waals surface area contributed by atoms with E-state index in [4.69, 9.17) is 4.74 Å². The smallest absolute Gasteiger partial charge is 0.264 e. The van der Waals surface area contributed by atoms with Crippen molar-refractivity contribution in [3.8, 4) is 11.5 Å². The zero-order valence-corrected chi connectivity index (χ0v) is 14.6. The molecule has 0 aromatic heterocycles. The Balaban J connectivity index is 1.73. The van der Waals surface area contributed by atoms with Crippen molar-refractivity contribution in [2.24, 2.45) is 0 Å². The zero-order chi connectivity index (χ0) is 18.6. The lowest BCUT2D eigenvalue weighted by molar-refractivity contribution is -0.164. The number of rotatable bonds is 5. The second-order valence-electron chi connectivity index (χ2n) is 5.69. The number of nitrogens with one attached hydrogen (secondary N) is 1. The summed E-state index contributed by atoms with van der Waals surface area (Å²) < 4.78 is 33.0. The Bertz CT molecular complexity index is 895. The van der Waals surface area contributed by atoms with E-state index in [1.165, 1.54) is 24.3 Å². The maximum atomic E-state index is 12.5. The van der Waals surface area contributed by atoms with Gasteiger partial charge in [0.25, 0.3) is 5.91 Å². The Morgan fingerprint density at radius 1 is 1.00 bits per heavy atom. The molecule has 0 fully saturated rings. The topological polar surface area (TPSA) is 95.9 Å². The van der Waals surface area contributed by atoms with Gasteiger partial charge in [0.05, 0.1) is 11.4 Å². The van der Waals surface area contributed by atoms with Crippen molar-refractivity contribution in [1.29, 1.82) is 0 Å². The van der Waals surface area contributed by atoms with Gasteiger partial charge >= 0.3 is 0 Å². The predicted octanol–water partition coefficient (Wildman–Crippen LogP) is 2.30. The maximum Gasteiger partial charge on any atom is 0.264 e. The first-order valence-electron chi connectivity index (χ1n) is 7.96. The Hall–Kier alpha value is -2.68. The first kappa shape index (κ1) is 18.1. The van der Waals surface area contributed by atoms with Crippen molar-refractivity contribution in [3.63, 3.8) is 0 Å². The van der Waals surface area contributed by atoms with E-state index >= 15 is 0 Å².